The van der Waals surface area contributed by atoms with E-state index in [1.807, 2.05) is 0 Å². The predicted molar refractivity (Wildman–Crippen MR) is 77.9 cm³/mol. The fourth-order valence-electron chi connectivity index (χ4n) is 0.642. The zero-order valence-electron chi connectivity index (χ0n) is 13.3. The molecule has 8 heteroatoms. The van der Waals surface area contributed by atoms with Crippen LogP contribution in [-0.4, -0.2) is 13.1 Å². The Balaban J connectivity index is -0.0000000244. The van der Waals surface area contributed by atoms with Crippen molar-refractivity contribution in [1.29, 1.82) is 0 Å². The van der Waals surface area contributed by atoms with E-state index in [4.69, 9.17) is 25.8 Å². The van der Waals surface area contributed by atoms with E-state index in [9.17, 15) is 0 Å². The van der Waals surface area contributed by atoms with Crippen molar-refractivity contribution in [2.45, 2.75) is 25.7 Å². The molecule has 0 fully saturated rings. The maximum atomic E-state index is 8.48. The summed E-state index contributed by atoms with van der Waals surface area (Å²) < 4.78 is 8.48. The summed E-state index contributed by atoms with van der Waals surface area (Å²) in [5.41, 5.74) is 10.6. The van der Waals surface area contributed by atoms with Gasteiger partial charge in [-0.2, -0.15) is 0 Å². The molecule has 0 aliphatic rings. The van der Waals surface area contributed by atoms with Crippen LogP contribution in [0.1, 0.15) is 25.7 Å². The molecule has 0 unspecified atom stereocenters. The third-order valence-corrected chi connectivity index (χ3v) is 1.16. The zero-order chi connectivity index (χ0) is 15.8. The van der Waals surface area contributed by atoms with Crippen molar-refractivity contribution in [2.75, 3.05) is 13.1 Å². The molecule has 0 aromatic carbocycles. The Hall–Kier alpha value is 1.16. The van der Waals surface area contributed by atoms with Crippen molar-refractivity contribution in [1.82, 2.24) is 0 Å². The average Bonchev–Trinajstić information content (AvgIpc) is 2.41. The normalized spacial score (nSPS) is 5.80. The first-order valence-corrected chi connectivity index (χ1v) is 6.46. The molecular formula is C12H28N2Na2O3P+. The summed E-state index contributed by atoms with van der Waals surface area (Å²) in [7, 11) is -3.37. The van der Waals surface area contributed by atoms with E-state index in [1.165, 1.54) is 12.8 Å². The Morgan fingerprint density at radius 3 is 0.950 bits per heavy atom. The first-order valence-electron chi connectivity index (χ1n) is 5.36. The molecule has 5 nitrogen and oxygen atoms in total. The Morgan fingerprint density at radius 2 is 0.850 bits per heavy atom. The SMILES string of the molecule is C=C.C=C.C=C.NCCCCCCN.O=[P+]([O-])[O-].[Na+].[Na+]. The third-order valence-electron chi connectivity index (χ3n) is 1.16. The van der Waals surface area contributed by atoms with Gasteiger partial charge in [-0.3, -0.25) is 0 Å². The van der Waals surface area contributed by atoms with E-state index < -0.39 is 8.25 Å². The summed E-state index contributed by atoms with van der Waals surface area (Å²) in [6, 6.07) is 0. The van der Waals surface area contributed by atoms with Crippen LogP contribution < -0.4 is 80.4 Å². The van der Waals surface area contributed by atoms with Crippen molar-refractivity contribution in [2.24, 2.45) is 11.5 Å². The molecule has 0 amide bonds. The van der Waals surface area contributed by atoms with Gasteiger partial charge in [0.2, 0.25) is 0 Å². The largest absolute Gasteiger partial charge is 1.00 e. The van der Waals surface area contributed by atoms with E-state index >= 15 is 0 Å². The Labute approximate surface area is 170 Å². The van der Waals surface area contributed by atoms with Crippen LogP contribution in [0.15, 0.2) is 39.5 Å². The predicted octanol–water partition coefficient (Wildman–Crippen LogP) is -4.76. The molecule has 0 spiro atoms. The number of rotatable bonds is 5. The van der Waals surface area contributed by atoms with Gasteiger partial charge >= 0.3 is 59.1 Å². The molecule has 4 N–H and O–H groups in total. The molecule has 0 rings (SSSR count). The Kier molecular flexibility index (Phi) is 154. The molecule has 20 heavy (non-hydrogen) atoms. The molecule has 110 valence electrons. The van der Waals surface area contributed by atoms with Crippen LogP contribution in [0.4, 0.5) is 0 Å². The molecular weight excluding hydrogens is 297 g/mol. The molecule has 0 heterocycles. The first-order chi connectivity index (χ1) is 8.65. The van der Waals surface area contributed by atoms with Gasteiger partial charge in [-0.25, -0.2) is 0 Å². The van der Waals surface area contributed by atoms with E-state index in [0.29, 0.717) is 0 Å². The van der Waals surface area contributed by atoms with Gasteiger partial charge in [-0.1, -0.05) is 17.4 Å². The number of nitrogens with two attached hydrogens (primary N) is 2. The van der Waals surface area contributed by atoms with Gasteiger partial charge in [0.25, 0.3) is 8.25 Å². The van der Waals surface area contributed by atoms with Crippen molar-refractivity contribution in [3.05, 3.63) is 39.5 Å². The van der Waals surface area contributed by atoms with Crippen molar-refractivity contribution < 1.29 is 73.5 Å². The van der Waals surface area contributed by atoms with E-state index in [2.05, 4.69) is 39.5 Å². The minimum atomic E-state index is -3.37. The van der Waals surface area contributed by atoms with Crippen molar-refractivity contribution in [3.8, 4) is 0 Å². The van der Waals surface area contributed by atoms with Crippen molar-refractivity contribution in [3.63, 3.8) is 0 Å². The summed E-state index contributed by atoms with van der Waals surface area (Å²) >= 11 is 0. The van der Waals surface area contributed by atoms with Gasteiger partial charge in [0.1, 0.15) is 0 Å². The van der Waals surface area contributed by atoms with Crippen LogP contribution in [0.3, 0.4) is 0 Å². The summed E-state index contributed by atoms with van der Waals surface area (Å²) in [5, 5.41) is 0. The maximum Gasteiger partial charge on any atom is 1.00 e. The summed E-state index contributed by atoms with van der Waals surface area (Å²) in [4.78, 5) is 17.0. The number of hydrogen-bond acceptors (Lipinski definition) is 5. The molecule has 0 radical (unpaired) electrons. The minimum Gasteiger partial charge on any atom is -0.598 e. The van der Waals surface area contributed by atoms with Gasteiger partial charge in [0.05, 0.1) is 0 Å². The first kappa shape index (κ1) is 42.9. The Bertz CT molecular complexity index is 133. The molecule has 0 aromatic rings. The standard InChI is InChI=1S/C6H16N2.3C2H4.2Na.HO3P/c7-5-3-1-2-4-6-8;3*1-2;;;1-4(2)3/h1-8H2;3*1-2H2;;;(H,1,2,3)/q;;;;2*+1;/p-1. The minimum absolute atomic E-state index is 0. The van der Waals surface area contributed by atoms with Crippen LogP contribution in [0.25, 0.3) is 0 Å². The van der Waals surface area contributed by atoms with Crippen molar-refractivity contribution >= 4 is 8.25 Å². The fraction of sp³-hybridized carbons (Fsp3) is 0.500. The molecule has 0 aliphatic heterocycles. The molecule has 0 saturated carbocycles. The summed E-state index contributed by atoms with van der Waals surface area (Å²) in [6.45, 7) is 19.6. The fourth-order valence-corrected chi connectivity index (χ4v) is 0.642. The van der Waals surface area contributed by atoms with E-state index in [-0.39, 0.29) is 59.1 Å². The summed E-state index contributed by atoms with van der Waals surface area (Å²) in [5.74, 6) is 0. The number of unbranched alkanes of at least 4 members (excludes halogenated alkanes) is 3. The van der Waals surface area contributed by atoms with Gasteiger partial charge < -0.3 is 21.3 Å². The quantitative estimate of drug-likeness (QED) is 0.228. The topological polar surface area (TPSA) is 115 Å². The molecule has 0 saturated heterocycles. The second-order valence-corrected chi connectivity index (χ2v) is 2.66. The zero-order valence-corrected chi connectivity index (χ0v) is 18.2. The second kappa shape index (κ2) is 71.7. The monoisotopic (exact) mass is 325 g/mol. The van der Waals surface area contributed by atoms with Gasteiger partial charge in [0.15, 0.2) is 0 Å². The van der Waals surface area contributed by atoms with Gasteiger partial charge in [-0.05, 0) is 25.9 Å². The maximum absolute atomic E-state index is 8.48. The van der Waals surface area contributed by atoms with E-state index in [1.54, 1.807) is 0 Å². The van der Waals surface area contributed by atoms with Gasteiger partial charge in [-0.15, -0.1) is 39.5 Å². The van der Waals surface area contributed by atoms with Crippen LogP contribution in [0, 0.1) is 0 Å². The second-order valence-electron chi connectivity index (χ2n) is 2.22. The van der Waals surface area contributed by atoms with Crippen LogP contribution in [0.2, 0.25) is 0 Å². The van der Waals surface area contributed by atoms with E-state index in [0.717, 1.165) is 25.9 Å². The van der Waals surface area contributed by atoms with Crippen LogP contribution in [0.5, 0.6) is 0 Å². The molecule has 0 aromatic heterocycles. The smallest absolute Gasteiger partial charge is 0.598 e. The molecule has 0 aliphatic carbocycles. The van der Waals surface area contributed by atoms with Crippen LogP contribution in [-0.2, 0) is 4.57 Å². The molecule has 0 atom stereocenters. The molecule has 0 bridgehead atoms. The van der Waals surface area contributed by atoms with Gasteiger partial charge in [0, 0.05) is 0 Å². The van der Waals surface area contributed by atoms with Crippen LogP contribution >= 0.6 is 8.25 Å². The third kappa shape index (κ3) is 167. The Morgan fingerprint density at radius 1 is 0.700 bits per heavy atom. The number of hydrogen-bond donors (Lipinski definition) is 2. The summed E-state index contributed by atoms with van der Waals surface area (Å²) in [6.07, 6.45) is 4.79. The average molecular weight is 325 g/mol.